The standard InChI is InChI=1S/C18H24N4O3/c1-22(2)16(13-5-8-15(24-3)9-6-13)12-20-18(23)21-14-7-10-17(25-4)19-11-14/h5-11,16H,12H2,1-4H3,(H2,20,21,23)/t16-/m1/s1. The first-order chi connectivity index (χ1) is 12.0. The summed E-state index contributed by atoms with van der Waals surface area (Å²) in [7, 11) is 7.13. The fraction of sp³-hybridized carbons (Fsp3) is 0.333. The number of carbonyl (C=O) groups excluding carboxylic acids is 1. The van der Waals surface area contributed by atoms with Crippen LogP contribution in [0.4, 0.5) is 10.5 Å². The fourth-order valence-corrected chi connectivity index (χ4v) is 2.36. The lowest BCUT2D eigenvalue weighted by Gasteiger charge is -2.25. The third-order valence-corrected chi connectivity index (χ3v) is 3.78. The smallest absolute Gasteiger partial charge is 0.319 e. The van der Waals surface area contributed by atoms with E-state index in [9.17, 15) is 4.79 Å². The molecule has 0 aliphatic heterocycles. The van der Waals surface area contributed by atoms with Gasteiger partial charge in [0, 0.05) is 12.6 Å². The number of anilines is 1. The number of pyridine rings is 1. The van der Waals surface area contributed by atoms with Gasteiger partial charge in [-0.3, -0.25) is 0 Å². The molecule has 2 aromatic rings. The Labute approximate surface area is 148 Å². The maximum atomic E-state index is 12.1. The van der Waals surface area contributed by atoms with E-state index in [0.29, 0.717) is 18.1 Å². The summed E-state index contributed by atoms with van der Waals surface area (Å²) >= 11 is 0. The average molecular weight is 344 g/mol. The summed E-state index contributed by atoms with van der Waals surface area (Å²) in [6.45, 7) is 0.467. The highest BCUT2D eigenvalue weighted by Crippen LogP contribution is 2.20. The number of hydrogen-bond donors (Lipinski definition) is 2. The first-order valence-corrected chi connectivity index (χ1v) is 7.88. The van der Waals surface area contributed by atoms with E-state index in [1.807, 2.05) is 38.4 Å². The van der Waals surface area contributed by atoms with Crippen molar-refractivity contribution in [2.45, 2.75) is 6.04 Å². The van der Waals surface area contributed by atoms with Crippen LogP contribution in [0, 0.1) is 0 Å². The van der Waals surface area contributed by atoms with E-state index in [-0.39, 0.29) is 12.1 Å². The zero-order valence-electron chi connectivity index (χ0n) is 14.9. The molecule has 25 heavy (non-hydrogen) atoms. The molecule has 1 aromatic carbocycles. The van der Waals surface area contributed by atoms with Gasteiger partial charge in [0.1, 0.15) is 5.75 Å². The number of urea groups is 1. The van der Waals surface area contributed by atoms with Gasteiger partial charge in [-0.15, -0.1) is 0 Å². The second-order valence-electron chi connectivity index (χ2n) is 5.68. The molecule has 0 radical (unpaired) electrons. The van der Waals surface area contributed by atoms with Crippen LogP contribution in [0.25, 0.3) is 0 Å². The Morgan fingerprint density at radius 2 is 1.84 bits per heavy atom. The quantitative estimate of drug-likeness (QED) is 0.807. The number of rotatable bonds is 7. The molecule has 0 unspecified atom stereocenters. The zero-order valence-corrected chi connectivity index (χ0v) is 14.9. The van der Waals surface area contributed by atoms with Crippen LogP contribution in [0.3, 0.4) is 0 Å². The van der Waals surface area contributed by atoms with Crippen molar-refractivity contribution < 1.29 is 14.3 Å². The number of aromatic nitrogens is 1. The van der Waals surface area contributed by atoms with Crippen LogP contribution in [0.1, 0.15) is 11.6 Å². The Kier molecular flexibility index (Phi) is 6.59. The normalized spacial score (nSPS) is 11.7. The Morgan fingerprint density at radius 1 is 1.12 bits per heavy atom. The first kappa shape index (κ1) is 18.5. The van der Waals surface area contributed by atoms with Crippen molar-refractivity contribution in [1.29, 1.82) is 0 Å². The lowest BCUT2D eigenvalue weighted by molar-refractivity contribution is 0.243. The summed E-state index contributed by atoms with van der Waals surface area (Å²) in [5, 5.41) is 5.64. The van der Waals surface area contributed by atoms with E-state index < -0.39 is 0 Å². The van der Waals surface area contributed by atoms with E-state index in [1.165, 1.54) is 0 Å². The van der Waals surface area contributed by atoms with Crippen molar-refractivity contribution in [3.63, 3.8) is 0 Å². The van der Waals surface area contributed by atoms with Gasteiger partial charge in [0.25, 0.3) is 0 Å². The van der Waals surface area contributed by atoms with Crippen LogP contribution in [0.15, 0.2) is 42.6 Å². The number of nitrogens with zero attached hydrogens (tertiary/aromatic N) is 2. The third-order valence-electron chi connectivity index (χ3n) is 3.78. The molecule has 0 bridgehead atoms. The van der Waals surface area contributed by atoms with Crippen molar-refractivity contribution in [1.82, 2.24) is 15.2 Å². The number of nitrogens with one attached hydrogen (secondary N) is 2. The molecule has 0 aliphatic carbocycles. The van der Waals surface area contributed by atoms with Gasteiger partial charge in [-0.1, -0.05) is 12.1 Å². The van der Waals surface area contributed by atoms with Crippen LogP contribution < -0.4 is 20.1 Å². The number of amides is 2. The molecule has 0 aliphatic rings. The van der Waals surface area contributed by atoms with E-state index in [2.05, 4.69) is 20.5 Å². The number of benzene rings is 1. The Morgan fingerprint density at radius 3 is 2.36 bits per heavy atom. The number of methoxy groups -OCH3 is 2. The first-order valence-electron chi connectivity index (χ1n) is 7.88. The van der Waals surface area contributed by atoms with Crippen LogP contribution in [0.2, 0.25) is 0 Å². The zero-order chi connectivity index (χ0) is 18.2. The van der Waals surface area contributed by atoms with Gasteiger partial charge in [-0.25, -0.2) is 9.78 Å². The van der Waals surface area contributed by atoms with Gasteiger partial charge in [-0.05, 0) is 37.9 Å². The molecule has 7 nitrogen and oxygen atoms in total. The molecular formula is C18H24N4O3. The van der Waals surface area contributed by atoms with E-state index in [1.54, 1.807) is 32.5 Å². The van der Waals surface area contributed by atoms with Gasteiger partial charge in [0.15, 0.2) is 0 Å². The monoisotopic (exact) mass is 344 g/mol. The lowest BCUT2D eigenvalue weighted by atomic mass is 10.1. The molecule has 0 spiro atoms. The van der Waals surface area contributed by atoms with Crippen molar-refractivity contribution in [3.8, 4) is 11.6 Å². The van der Waals surface area contributed by atoms with Crippen LogP contribution in [0.5, 0.6) is 11.6 Å². The molecule has 0 saturated carbocycles. The van der Waals surface area contributed by atoms with Crippen molar-refractivity contribution in [2.75, 3.05) is 40.2 Å². The second-order valence-corrected chi connectivity index (χ2v) is 5.68. The second kappa shape index (κ2) is 8.89. The summed E-state index contributed by atoms with van der Waals surface area (Å²) in [5.74, 6) is 1.30. The minimum Gasteiger partial charge on any atom is -0.497 e. The third kappa shape index (κ3) is 5.36. The van der Waals surface area contributed by atoms with Gasteiger partial charge < -0.3 is 25.0 Å². The summed E-state index contributed by atoms with van der Waals surface area (Å²) < 4.78 is 10.2. The summed E-state index contributed by atoms with van der Waals surface area (Å²) in [5.41, 5.74) is 1.70. The molecule has 1 heterocycles. The van der Waals surface area contributed by atoms with Crippen LogP contribution in [-0.2, 0) is 0 Å². The van der Waals surface area contributed by atoms with Crippen molar-refractivity contribution in [3.05, 3.63) is 48.2 Å². The molecule has 134 valence electrons. The molecular weight excluding hydrogens is 320 g/mol. The van der Waals surface area contributed by atoms with Gasteiger partial charge in [0.05, 0.1) is 32.1 Å². The van der Waals surface area contributed by atoms with Gasteiger partial charge >= 0.3 is 6.03 Å². The predicted octanol–water partition coefficient (Wildman–Crippen LogP) is 2.52. The Balaban J connectivity index is 1.93. The van der Waals surface area contributed by atoms with Crippen LogP contribution in [-0.4, -0.2) is 50.8 Å². The number of likely N-dealkylation sites (N-methyl/N-ethyl adjacent to an activating group) is 1. The number of carbonyl (C=O) groups is 1. The maximum absolute atomic E-state index is 12.1. The maximum Gasteiger partial charge on any atom is 0.319 e. The fourth-order valence-electron chi connectivity index (χ4n) is 2.36. The summed E-state index contributed by atoms with van der Waals surface area (Å²) in [6, 6.07) is 11.0. The van der Waals surface area contributed by atoms with E-state index >= 15 is 0 Å². The molecule has 2 N–H and O–H groups in total. The minimum absolute atomic E-state index is 0.0469. The number of hydrogen-bond acceptors (Lipinski definition) is 5. The molecule has 0 fully saturated rings. The molecule has 2 rings (SSSR count). The number of ether oxygens (including phenoxy) is 2. The summed E-state index contributed by atoms with van der Waals surface area (Å²) in [6.07, 6.45) is 1.55. The minimum atomic E-state index is -0.285. The van der Waals surface area contributed by atoms with Gasteiger partial charge in [0.2, 0.25) is 5.88 Å². The molecule has 2 amide bonds. The Bertz CT molecular complexity index is 672. The van der Waals surface area contributed by atoms with E-state index in [0.717, 1.165) is 11.3 Å². The van der Waals surface area contributed by atoms with Crippen molar-refractivity contribution in [2.24, 2.45) is 0 Å². The van der Waals surface area contributed by atoms with Gasteiger partial charge in [-0.2, -0.15) is 0 Å². The van der Waals surface area contributed by atoms with Crippen LogP contribution >= 0.6 is 0 Å². The van der Waals surface area contributed by atoms with Crippen molar-refractivity contribution >= 4 is 11.7 Å². The molecule has 0 saturated heterocycles. The molecule has 1 atom stereocenters. The Hall–Kier alpha value is -2.80. The highest BCUT2D eigenvalue weighted by atomic mass is 16.5. The highest BCUT2D eigenvalue weighted by Gasteiger charge is 2.15. The summed E-state index contributed by atoms with van der Waals surface area (Å²) in [4.78, 5) is 18.2. The average Bonchev–Trinajstić information content (AvgIpc) is 2.62. The predicted molar refractivity (Wildman–Crippen MR) is 97.2 cm³/mol. The van der Waals surface area contributed by atoms with E-state index in [4.69, 9.17) is 9.47 Å². The largest absolute Gasteiger partial charge is 0.497 e. The highest BCUT2D eigenvalue weighted by molar-refractivity contribution is 5.89. The SMILES string of the molecule is COc1ccc([C@@H](CNC(=O)Nc2ccc(OC)nc2)N(C)C)cc1. The molecule has 1 aromatic heterocycles. The topological polar surface area (TPSA) is 75.7 Å². The lowest BCUT2D eigenvalue weighted by Crippen LogP contribution is -2.36. The molecule has 7 heteroatoms.